The number of hydrogen-bond donors (Lipinski definition) is 1. The molecule has 0 aliphatic rings. The van der Waals surface area contributed by atoms with Gasteiger partial charge in [0, 0.05) is 0 Å². The summed E-state index contributed by atoms with van der Waals surface area (Å²) < 4.78 is 37.1. The van der Waals surface area contributed by atoms with Gasteiger partial charge in [-0.2, -0.15) is 0 Å². The summed E-state index contributed by atoms with van der Waals surface area (Å²) in [5.74, 6) is 0.111. The van der Waals surface area contributed by atoms with E-state index in [0.29, 0.717) is 6.61 Å². The quantitative estimate of drug-likeness (QED) is 0.366. The molecular weight excluding hydrogens is 383 g/mol. The molecule has 1 aromatic rings. The molecule has 1 rings (SSSR count). The molecular formula is C20H37O5PS. The molecule has 0 aliphatic carbocycles. The van der Waals surface area contributed by atoms with E-state index in [9.17, 15) is 17.9 Å². The Morgan fingerprint density at radius 1 is 0.926 bits per heavy atom. The maximum Gasteiger partial charge on any atom is 0.142 e. The van der Waals surface area contributed by atoms with Crippen molar-refractivity contribution in [2.45, 2.75) is 71.1 Å². The number of para-hydroxylation sites is 1. The Hall–Kier alpha value is -0.680. The highest BCUT2D eigenvalue weighted by atomic mass is 32.2. The standard InChI is InChI=1S/C12H28OP.C8H10O4S/c1-4-7-10-14(13,11-8-5-2)12-9-6-3;1-2-12-7-5-3-4-6-8(7)13(9,10)11/h13H,4-12H2,1-3H3;3-6H,2H2,1H3,(H,9,10,11)/q+1;/p-1. The molecule has 5 nitrogen and oxygen atoms in total. The molecule has 1 N–H and O–H groups in total. The monoisotopic (exact) mass is 420 g/mol. The van der Waals surface area contributed by atoms with Gasteiger partial charge in [0.25, 0.3) is 0 Å². The molecule has 0 spiro atoms. The molecule has 0 radical (unpaired) electrons. The molecule has 7 heteroatoms. The maximum atomic E-state index is 10.7. The molecule has 0 aliphatic heterocycles. The zero-order chi connectivity index (χ0) is 20.8. The highest BCUT2D eigenvalue weighted by molar-refractivity contribution is 7.85. The smallest absolute Gasteiger partial charge is 0.142 e. The van der Waals surface area contributed by atoms with Gasteiger partial charge in [-0.3, -0.25) is 4.89 Å². The average Bonchev–Trinajstić information content (AvgIpc) is 2.64. The molecule has 0 bridgehead atoms. The second-order valence-electron chi connectivity index (χ2n) is 6.66. The van der Waals surface area contributed by atoms with Crippen molar-refractivity contribution in [2.24, 2.45) is 0 Å². The van der Waals surface area contributed by atoms with Gasteiger partial charge in [0.2, 0.25) is 0 Å². The molecule has 158 valence electrons. The van der Waals surface area contributed by atoms with Crippen LogP contribution >= 0.6 is 7.49 Å². The number of rotatable bonds is 12. The van der Waals surface area contributed by atoms with Gasteiger partial charge in [0.05, 0.1) is 30.0 Å². The average molecular weight is 421 g/mol. The van der Waals surface area contributed by atoms with E-state index in [-0.39, 0.29) is 10.6 Å². The Balaban J connectivity index is 0.000000501. The van der Waals surface area contributed by atoms with Crippen LogP contribution in [0.25, 0.3) is 0 Å². The molecule has 0 heterocycles. The van der Waals surface area contributed by atoms with Crippen molar-refractivity contribution in [1.29, 1.82) is 0 Å². The van der Waals surface area contributed by atoms with E-state index in [1.54, 1.807) is 13.0 Å². The van der Waals surface area contributed by atoms with E-state index in [0.717, 1.165) is 18.5 Å². The third kappa shape index (κ3) is 11.7. The van der Waals surface area contributed by atoms with Crippen molar-refractivity contribution in [2.75, 3.05) is 25.1 Å². The van der Waals surface area contributed by atoms with Crippen LogP contribution in [0.15, 0.2) is 29.2 Å². The lowest BCUT2D eigenvalue weighted by Gasteiger charge is -2.19. The largest absolute Gasteiger partial charge is 0.744 e. The van der Waals surface area contributed by atoms with Crippen LogP contribution in [0.2, 0.25) is 0 Å². The van der Waals surface area contributed by atoms with E-state index in [1.165, 1.54) is 56.7 Å². The molecule has 0 saturated carbocycles. The zero-order valence-electron chi connectivity index (χ0n) is 17.3. The van der Waals surface area contributed by atoms with Crippen LogP contribution in [0, 0.1) is 0 Å². The first-order valence-electron chi connectivity index (χ1n) is 10.0. The second-order valence-corrected chi connectivity index (χ2v) is 11.5. The molecule has 0 atom stereocenters. The van der Waals surface area contributed by atoms with E-state index in [4.69, 9.17) is 4.74 Å². The summed E-state index contributed by atoms with van der Waals surface area (Å²) in [5.41, 5.74) is 0. The van der Waals surface area contributed by atoms with Crippen molar-refractivity contribution < 1.29 is 22.6 Å². The Labute approximate surface area is 166 Å². The predicted molar refractivity (Wildman–Crippen MR) is 114 cm³/mol. The van der Waals surface area contributed by atoms with Crippen molar-refractivity contribution in [1.82, 2.24) is 0 Å². The topological polar surface area (TPSA) is 86.7 Å². The number of hydrogen-bond acceptors (Lipinski definition) is 5. The number of unbranched alkanes of at least 4 members (excludes halogenated alkanes) is 3. The predicted octanol–water partition coefficient (Wildman–Crippen LogP) is 5.30. The van der Waals surface area contributed by atoms with E-state index in [1.807, 2.05) is 0 Å². The SMILES string of the molecule is CCCC[P+](O)(CCCC)CCCC.CCOc1ccccc1S(=O)(=O)[O-]. The summed E-state index contributed by atoms with van der Waals surface area (Å²) in [5, 5.41) is 0. The lowest BCUT2D eigenvalue weighted by Crippen LogP contribution is -2.07. The molecule has 1 aromatic carbocycles. The van der Waals surface area contributed by atoms with Crippen LogP contribution in [-0.2, 0) is 10.1 Å². The van der Waals surface area contributed by atoms with Crippen LogP contribution in [0.3, 0.4) is 0 Å². The lowest BCUT2D eigenvalue weighted by molar-refractivity contribution is 0.329. The van der Waals surface area contributed by atoms with Gasteiger partial charge in [0.15, 0.2) is 0 Å². The van der Waals surface area contributed by atoms with Crippen LogP contribution < -0.4 is 4.74 Å². The van der Waals surface area contributed by atoms with E-state index >= 15 is 0 Å². The fraction of sp³-hybridized carbons (Fsp3) is 0.700. The highest BCUT2D eigenvalue weighted by Crippen LogP contribution is 2.56. The van der Waals surface area contributed by atoms with Gasteiger partial charge in [-0.25, -0.2) is 8.42 Å². The van der Waals surface area contributed by atoms with Crippen molar-refractivity contribution in [3.05, 3.63) is 24.3 Å². The first kappa shape index (κ1) is 26.3. The summed E-state index contributed by atoms with van der Waals surface area (Å²) in [4.78, 5) is 10.2. The van der Waals surface area contributed by atoms with Gasteiger partial charge >= 0.3 is 0 Å². The van der Waals surface area contributed by atoms with Crippen LogP contribution in [0.1, 0.15) is 66.2 Å². The maximum absolute atomic E-state index is 10.7. The first-order valence-corrected chi connectivity index (χ1v) is 13.7. The summed E-state index contributed by atoms with van der Waals surface area (Å²) >= 11 is 0. The third-order valence-electron chi connectivity index (χ3n) is 4.20. The van der Waals surface area contributed by atoms with E-state index < -0.39 is 17.6 Å². The van der Waals surface area contributed by atoms with Crippen LogP contribution in [-0.4, -0.2) is 43.0 Å². The third-order valence-corrected chi connectivity index (χ3v) is 8.52. The van der Waals surface area contributed by atoms with Gasteiger partial charge in [-0.1, -0.05) is 52.2 Å². The Bertz CT molecular complexity index is 582. The van der Waals surface area contributed by atoms with Crippen LogP contribution in [0.4, 0.5) is 0 Å². The van der Waals surface area contributed by atoms with Gasteiger partial charge in [0.1, 0.15) is 23.4 Å². The molecule has 0 amide bonds. The fourth-order valence-corrected chi connectivity index (χ4v) is 6.63. The van der Waals surface area contributed by atoms with Crippen molar-refractivity contribution in [3.8, 4) is 5.75 Å². The van der Waals surface area contributed by atoms with Crippen molar-refractivity contribution in [3.63, 3.8) is 0 Å². The Morgan fingerprint density at radius 3 is 1.74 bits per heavy atom. The summed E-state index contributed by atoms with van der Waals surface area (Å²) in [6, 6.07) is 5.77. The van der Waals surface area contributed by atoms with Crippen molar-refractivity contribution >= 4 is 17.6 Å². The minimum atomic E-state index is -4.43. The van der Waals surface area contributed by atoms with Gasteiger partial charge in [-0.15, -0.1) is 0 Å². The molecule has 27 heavy (non-hydrogen) atoms. The van der Waals surface area contributed by atoms with E-state index in [2.05, 4.69) is 20.8 Å². The summed E-state index contributed by atoms with van der Waals surface area (Å²) in [7, 11) is -5.95. The lowest BCUT2D eigenvalue weighted by atomic mass is 10.3. The Morgan fingerprint density at radius 2 is 1.37 bits per heavy atom. The minimum absolute atomic E-state index is 0.111. The molecule has 0 saturated heterocycles. The van der Waals surface area contributed by atoms with Gasteiger partial charge < -0.3 is 9.29 Å². The Kier molecular flexibility index (Phi) is 14.0. The minimum Gasteiger partial charge on any atom is -0.744 e. The second kappa shape index (κ2) is 14.3. The van der Waals surface area contributed by atoms with Gasteiger partial charge in [-0.05, 0) is 38.3 Å². The summed E-state index contributed by atoms with van der Waals surface area (Å²) in [6.07, 6.45) is 10.7. The van der Waals surface area contributed by atoms with Crippen LogP contribution in [0.5, 0.6) is 5.75 Å². The first-order chi connectivity index (χ1) is 12.7. The molecule has 0 aromatic heterocycles. The zero-order valence-corrected chi connectivity index (χ0v) is 19.0. The highest BCUT2D eigenvalue weighted by Gasteiger charge is 2.32. The normalized spacial score (nSPS) is 11.6. The summed E-state index contributed by atoms with van der Waals surface area (Å²) in [6.45, 7) is 8.68. The number of benzene rings is 1. The number of ether oxygens (including phenoxy) is 1. The fourth-order valence-electron chi connectivity index (χ4n) is 2.62. The molecule has 0 fully saturated rings. The molecule has 0 unspecified atom stereocenters.